The number of H-pyrrole nitrogens is 1. The van der Waals surface area contributed by atoms with Gasteiger partial charge in [-0.25, -0.2) is 9.50 Å². The van der Waals surface area contributed by atoms with Crippen LogP contribution in [0.1, 0.15) is 61.3 Å². The molecule has 1 aliphatic heterocycles. The molecule has 30 heavy (non-hydrogen) atoms. The Balaban J connectivity index is 1.64. The van der Waals surface area contributed by atoms with Gasteiger partial charge in [-0.15, -0.1) is 5.10 Å². The van der Waals surface area contributed by atoms with E-state index in [1.54, 1.807) is 11.2 Å². The SMILES string of the molecule is CC(C)c1cccn2nc(C3c4nc[nH]c4CCN3c3nnc(C(C)(F)F)o3)cc12. The highest BCUT2D eigenvalue weighted by Crippen LogP contribution is 2.38. The molecule has 5 heterocycles. The lowest BCUT2D eigenvalue weighted by Crippen LogP contribution is -2.37. The van der Waals surface area contributed by atoms with Crippen LogP contribution in [-0.2, 0) is 12.3 Å². The minimum absolute atomic E-state index is 0.0336. The van der Waals surface area contributed by atoms with E-state index >= 15 is 0 Å². The van der Waals surface area contributed by atoms with Crippen LogP contribution < -0.4 is 4.90 Å². The van der Waals surface area contributed by atoms with E-state index in [9.17, 15) is 8.78 Å². The Kier molecular flexibility index (Phi) is 4.12. The van der Waals surface area contributed by atoms with E-state index in [-0.39, 0.29) is 6.01 Å². The molecule has 4 aromatic heterocycles. The summed E-state index contributed by atoms with van der Waals surface area (Å²) in [5.41, 5.74) is 4.67. The molecule has 0 amide bonds. The molecule has 0 fully saturated rings. The third-order valence-electron chi connectivity index (χ3n) is 5.42. The number of halogens is 2. The summed E-state index contributed by atoms with van der Waals surface area (Å²) in [6.07, 6.45) is 4.18. The molecule has 0 radical (unpaired) electrons. The van der Waals surface area contributed by atoms with Crippen molar-refractivity contribution >= 4 is 11.5 Å². The fourth-order valence-electron chi connectivity index (χ4n) is 3.97. The van der Waals surface area contributed by atoms with E-state index < -0.39 is 17.9 Å². The summed E-state index contributed by atoms with van der Waals surface area (Å²) in [6, 6.07) is 5.66. The summed E-state index contributed by atoms with van der Waals surface area (Å²) in [7, 11) is 0. The summed E-state index contributed by atoms with van der Waals surface area (Å²) in [5, 5.41) is 12.2. The number of aromatic nitrogens is 6. The van der Waals surface area contributed by atoms with Gasteiger partial charge in [-0.2, -0.15) is 13.9 Å². The van der Waals surface area contributed by atoms with Gasteiger partial charge in [-0.05, 0) is 23.6 Å². The molecule has 0 aliphatic carbocycles. The minimum atomic E-state index is -3.21. The number of fused-ring (bicyclic) bond motifs is 2. The molecule has 0 saturated carbocycles. The summed E-state index contributed by atoms with van der Waals surface area (Å²) in [4.78, 5) is 9.45. The maximum Gasteiger partial charge on any atom is 0.321 e. The Bertz CT molecular complexity index is 1200. The van der Waals surface area contributed by atoms with Crippen molar-refractivity contribution < 1.29 is 13.2 Å². The number of hydrogen-bond donors (Lipinski definition) is 1. The van der Waals surface area contributed by atoms with Crippen molar-refractivity contribution in [3.05, 3.63) is 59.3 Å². The molecule has 1 aliphatic rings. The van der Waals surface area contributed by atoms with Gasteiger partial charge in [0.1, 0.15) is 6.04 Å². The van der Waals surface area contributed by atoms with Crippen molar-refractivity contribution in [1.29, 1.82) is 0 Å². The van der Waals surface area contributed by atoms with Gasteiger partial charge in [0.2, 0.25) is 0 Å². The number of imidazole rings is 1. The van der Waals surface area contributed by atoms with Crippen molar-refractivity contribution in [1.82, 2.24) is 29.8 Å². The molecule has 5 rings (SSSR count). The lowest BCUT2D eigenvalue weighted by atomic mass is 9.99. The fourth-order valence-corrected chi connectivity index (χ4v) is 3.97. The highest BCUT2D eigenvalue weighted by atomic mass is 19.3. The molecule has 4 aromatic rings. The third-order valence-corrected chi connectivity index (χ3v) is 5.42. The van der Waals surface area contributed by atoms with Gasteiger partial charge >= 0.3 is 11.9 Å². The van der Waals surface area contributed by atoms with Crippen molar-refractivity contribution in [2.75, 3.05) is 11.4 Å². The fraction of sp³-hybridized carbons (Fsp3) is 0.400. The summed E-state index contributed by atoms with van der Waals surface area (Å²) < 4.78 is 34.5. The predicted molar refractivity (Wildman–Crippen MR) is 105 cm³/mol. The Hall–Kier alpha value is -3.30. The second-order valence-electron chi connectivity index (χ2n) is 7.91. The van der Waals surface area contributed by atoms with Gasteiger partial charge in [-0.3, -0.25) is 0 Å². The monoisotopic (exact) mass is 413 g/mol. The molecule has 0 bridgehead atoms. The van der Waals surface area contributed by atoms with Gasteiger partial charge in [-0.1, -0.05) is 25.0 Å². The lowest BCUT2D eigenvalue weighted by molar-refractivity contribution is -0.0107. The molecule has 1 atom stereocenters. The highest BCUT2D eigenvalue weighted by Gasteiger charge is 2.38. The number of hydrogen-bond acceptors (Lipinski definition) is 6. The van der Waals surface area contributed by atoms with Gasteiger partial charge in [0.05, 0.1) is 23.2 Å². The van der Waals surface area contributed by atoms with E-state index in [0.29, 0.717) is 18.9 Å². The predicted octanol–water partition coefficient (Wildman–Crippen LogP) is 3.83. The molecule has 0 aromatic carbocycles. The average Bonchev–Trinajstić information content (AvgIpc) is 3.43. The summed E-state index contributed by atoms with van der Waals surface area (Å²) >= 11 is 0. The molecule has 10 heteroatoms. The zero-order valence-electron chi connectivity index (χ0n) is 16.8. The normalized spacial score (nSPS) is 17.1. The number of anilines is 1. The van der Waals surface area contributed by atoms with E-state index in [1.165, 1.54) is 5.56 Å². The largest absolute Gasteiger partial charge is 0.401 e. The van der Waals surface area contributed by atoms with Crippen LogP contribution in [0.2, 0.25) is 0 Å². The Morgan fingerprint density at radius 3 is 2.87 bits per heavy atom. The number of aromatic amines is 1. The molecule has 1 N–H and O–H groups in total. The van der Waals surface area contributed by atoms with Crippen LogP contribution in [-0.4, -0.2) is 36.3 Å². The standard InChI is InChI=1S/C20H21F2N7O/c1-11(2)12-5-4-7-29-15(12)9-14(27-29)17-16-13(23-10-24-16)6-8-28(17)19-26-25-18(30-19)20(3,21)22/h4-5,7,9-11,17H,6,8H2,1-3H3,(H,23,24). The van der Waals surface area contributed by atoms with Crippen LogP contribution >= 0.6 is 0 Å². The second-order valence-corrected chi connectivity index (χ2v) is 7.91. The molecule has 1 unspecified atom stereocenters. The first-order valence-electron chi connectivity index (χ1n) is 9.81. The zero-order chi connectivity index (χ0) is 21.0. The van der Waals surface area contributed by atoms with Gasteiger partial charge in [0.15, 0.2) is 0 Å². The van der Waals surface area contributed by atoms with Crippen LogP contribution in [0.25, 0.3) is 5.52 Å². The van der Waals surface area contributed by atoms with Crippen LogP contribution in [0.15, 0.2) is 35.1 Å². The first kappa shape index (κ1) is 18.7. The first-order valence-corrected chi connectivity index (χ1v) is 9.81. The molecule has 0 saturated heterocycles. The van der Waals surface area contributed by atoms with Crippen molar-refractivity contribution in [3.8, 4) is 0 Å². The second kappa shape index (κ2) is 6.61. The van der Waals surface area contributed by atoms with Crippen molar-refractivity contribution in [3.63, 3.8) is 0 Å². The maximum atomic E-state index is 13.7. The topological polar surface area (TPSA) is 88.1 Å². The number of alkyl halides is 2. The number of nitrogens with zero attached hydrogens (tertiary/aromatic N) is 6. The average molecular weight is 413 g/mol. The quantitative estimate of drug-likeness (QED) is 0.547. The molecule has 8 nitrogen and oxygen atoms in total. The minimum Gasteiger partial charge on any atom is -0.401 e. The molecule has 156 valence electrons. The first-order chi connectivity index (χ1) is 14.3. The highest BCUT2D eigenvalue weighted by molar-refractivity contribution is 5.58. The van der Waals surface area contributed by atoms with E-state index in [0.717, 1.165) is 29.5 Å². The van der Waals surface area contributed by atoms with Crippen LogP contribution in [0.5, 0.6) is 0 Å². The molecular weight excluding hydrogens is 392 g/mol. The zero-order valence-corrected chi connectivity index (χ0v) is 16.8. The van der Waals surface area contributed by atoms with E-state index in [2.05, 4.69) is 40.1 Å². The van der Waals surface area contributed by atoms with E-state index in [4.69, 9.17) is 9.52 Å². The number of pyridine rings is 1. The smallest absolute Gasteiger partial charge is 0.321 e. The van der Waals surface area contributed by atoms with Crippen molar-refractivity contribution in [2.45, 2.75) is 45.1 Å². The Morgan fingerprint density at radius 2 is 2.13 bits per heavy atom. The van der Waals surface area contributed by atoms with Gasteiger partial charge < -0.3 is 14.3 Å². The van der Waals surface area contributed by atoms with Gasteiger partial charge in [0.25, 0.3) is 5.89 Å². The summed E-state index contributed by atoms with van der Waals surface area (Å²) in [5.74, 6) is -3.59. The maximum absolute atomic E-state index is 13.7. The molecule has 0 spiro atoms. The molecular formula is C20H21F2N7O. The lowest BCUT2D eigenvalue weighted by Gasteiger charge is -2.32. The summed E-state index contributed by atoms with van der Waals surface area (Å²) in [6.45, 7) is 5.50. The number of rotatable bonds is 4. The van der Waals surface area contributed by atoms with Gasteiger partial charge in [0, 0.05) is 31.8 Å². The Labute approximate surface area is 170 Å². The van der Waals surface area contributed by atoms with E-state index in [1.807, 2.05) is 22.8 Å². The number of nitrogens with one attached hydrogen (secondary N) is 1. The third kappa shape index (κ3) is 2.94. The Morgan fingerprint density at radius 1 is 1.30 bits per heavy atom. The van der Waals surface area contributed by atoms with Crippen LogP contribution in [0.4, 0.5) is 14.8 Å². The van der Waals surface area contributed by atoms with Crippen LogP contribution in [0.3, 0.4) is 0 Å². The van der Waals surface area contributed by atoms with Crippen LogP contribution in [0, 0.1) is 0 Å². The van der Waals surface area contributed by atoms with Crippen molar-refractivity contribution in [2.24, 2.45) is 0 Å².